The second-order valence-corrected chi connectivity index (χ2v) is 11.0. The van der Waals surface area contributed by atoms with Crippen LogP contribution in [0.25, 0.3) is 0 Å². The lowest BCUT2D eigenvalue weighted by Crippen LogP contribution is -2.40. The fourth-order valence-corrected chi connectivity index (χ4v) is 6.71. The standard InChI is InChI=1S/C27H43FO2/c1-17(2)8-6-9-18(3)22-13-14-23-20(10-7-15-27(22,23)5)11-12-21-16-24(29)25(28)26(30)19(21)4/h11-12,17-18,22-26,29-30H,4,6-10,13-16H2,1-3,5H3/b20-11?,21-12-/t18-,22-,23?,24-,25+,26+,27-/m1/s1. The summed E-state index contributed by atoms with van der Waals surface area (Å²) in [5.41, 5.74) is 3.10. The van der Waals surface area contributed by atoms with Gasteiger partial charge in [0.15, 0.2) is 6.17 Å². The molecule has 3 saturated carbocycles. The van der Waals surface area contributed by atoms with Crippen LogP contribution in [0.5, 0.6) is 0 Å². The molecule has 0 amide bonds. The van der Waals surface area contributed by atoms with Crippen molar-refractivity contribution in [1.82, 2.24) is 0 Å². The number of fused-ring (bicyclic) bond motifs is 1. The van der Waals surface area contributed by atoms with E-state index in [-0.39, 0.29) is 6.42 Å². The number of hydrogen-bond acceptors (Lipinski definition) is 2. The predicted octanol–water partition coefficient (Wildman–Crippen LogP) is 6.54. The number of aliphatic hydroxyl groups is 2. The van der Waals surface area contributed by atoms with Gasteiger partial charge in [0.2, 0.25) is 0 Å². The monoisotopic (exact) mass is 418 g/mol. The number of alkyl halides is 1. The first kappa shape index (κ1) is 23.7. The molecule has 7 atom stereocenters. The van der Waals surface area contributed by atoms with Crippen molar-refractivity contribution in [2.75, 3.05) is 0 Å². The number of hydrogen-bond donors (Lipinski definition) is 2. The molecule has 0 bridgehead atoms. The first-order chi connectivity index (χ1) is 14.1. The Balaban J connectivity index is 1.72. The Morgan fingerprint density at radius 3 is 2.60 bits per heavy atom. The third kappa shape index (κ3) is 4.78. The van der Waals surface area contributed by atoms with Gasteiger partial charge in [0.1, 0.15) is 6.10 Å². The minimum absolute atomic E-state index is 0.234. The summed E-state index contributed by atoms with van der Waals surface area (Å²) in [5, 5.41) is 19.9. The van der Waals surface area contributed by atoms with Crippen molar-refractivity contribution in [1.29, 1.82) is 0 Å². The van der Waals surface area contributed by atoms with Crippen molar-refractivity contribution in [2.24, 2.45) is 29.1 Å². The minimum Gasteiger partial charge on any atom is -0.390 e. The fourth-order valence-electron chi connectivity index (χ4n) is 6.71. The van der Waals surface area contributed by atoms with Crippen molar-refractivity contribution in [3.05, 3.63) is 35.5 Å². The maximum absolute atomic E-state index is 13.9. The van der Waals surface area contributed by atoms with Gasteiger partial charge in [-0.05, 0) is 72.3 Å². The predicted molar refractivity (Wildman–Crippen MR) is 123 cm³/mol. The third-order valence-corrected chi connectivity index (χ3v) is 8.53. The molecule has 3 heteroatoms. The van der Waals surface area contributed by atoms with E-state index in [1.54, 1.807) is 0 Å². The lowest BCUT2D eigenvalue weighted by Gasteiger charge is -2.44. The molecule has 3 rings (SSSR count). The van der Waals surface area contributed by atoms with Crippen LogP contribution >= 0.6 is 0 Å². The van der Waals surface area contributed by atoms with Crippen LogP contribution in [0.2, 0.25) is 0 Å². The summed E-state index contributed by atoms with van der Waals surface area (Å²) in [7, 11) is 0. The molecule has 3 aliphatic carbocycles. The number of aliphatic hydroxyl groups excluding tert-OH is 2. The molecule has 30 heavy (non-hydrogen) atoms. The topological polar surface area (TPSA) is 40.5 Å². The van der Waals surface area contributed by atoms with Gasteiger partial charge in [0.25, 0.3) is 0 Å². The first-order valence-electron chi connectivity index (χ1n) is 12.2. The zero-order chi connectivity index (χ0) is 22.1. The SMILES string of the molecule is C=C1/C(=C\C=C2CCC[C@@]3(C)C2CC[C@@H]3[C@H](C)CCCC(C)C)C[C@@H](O)[C@H](F)[C@H]1O. The number of allylic oxidation sites excluding steroid dienone is 3. The average molecular weight is 419 g/mol. The van der Waals surface area contributed by atoms with Crippen LogP contribution in [0.15, 0.2) is 35.5 Å². The molecule has 0 heterocycles. The van der Waals surface area contributed by atoms with E-state index in [1.807, 2.05) is 6.08 Å². The summed E-state index contributed by atoms with van der Waals surface area (Å²) in [6.45, 7) is 13.5. The van der Waals surface area contributed by atoms with Crippen LogP contribution in [0, 0.1) is 29.1 Å². The summed E-state index contributed by atoms with van der Waals surface area (Å²) in [4.78, 5) is 0. The molecular formula is C27H43FO2. The van der Waals surface area contributed by atoms with Gasteiger partial charge < -0.3 is 10.2 Å². The van der Waals surface area contributed by atoms with Crippen molar-refractivity contribution in [3.63, 3.8) is 0 Å². The van der Waals surface area contributed by atoms with E-state index >= 15 is 0 Å². The molecule has 170 valence electrons. The third-order valence-electron chi connectivity index (χ3n) is 8.53. The normalized spacial score (nSPS) is 40.9. The van der Waals surface area contributed by atoms with Gasteiger partial charge in [0, 0.05) is 6.42 Å². The van der Waals surface area contributed by atoms with Gasteiger partial charge in [-0.3, -0.25) is 0 Å². The van der Waals surface area contributed by atoms with E-state index in [0.717, 1.165) is 29.7 Å². The van der Waals surface area contributed by atoms with Crippen LogP contribution in [0.1, 0.15) is 85.5 Å². The molecule has 2 N–H and O–H groups in total. The van der Waals surface area contributed by atoms with Crippen molar-refractivity contribution in [2.45, 2.75) is 104 Å². The Morgan fingerprint density at radius 2 is 1.90 bits per heavy atom. The van der Waals surface area contributed by atoms with Crippen LogP contribution in [-0.4, -0.2) is 28.6 Å². The molecule has 2 nitrogen and oxygen atoms in total. The van der Waals surface area contributed by atoms with E-state index in [1.165, 1.54) is 50.5 Å². The lowest BCUT2D eigenvalue weighted by atomic mass is 9.60. The molecule has 0 aromatic carbocycles. The van der Waals surface area contributed by atoms with E-state index in [2.05, 4.69) is 40.3 Å². The summed E-state index contributed by atoms with van der Waals surface area (Å²) < 4.78 is 13.9. The van der Waals surface area contributed by atoms with Crippen LogP contribution in [0.4, 0.5) is 4.39 Å². The zero-order valence-electron chi connectivity index (χ0n) is 19.5. The molecule has 0 aliphatic heterocycles. The Morgan fingerprint density at radius 1 is 1.17 bits per heavy atom. The number of rotatable bonds is 6. The summed E-state index contributed by atoms with van der Waals surface area (Å²) >= 11 is 0. The number of halogens is 1. The Bertz CT molecular complexity index is 678. The largest absolute Gasteiger partial charge is 0.390 e. The molecule has 0 aromatic heterocycles. The van der Waals surface area contributed by atoms with Gasteiger partial charge >= 0.3 is 0 Å². The lowest BCUT2D eigenvalue weighted by molar-refractivity contribution is -0.00417. The van der Waals surface area contributed by atoms with Crippen molar-refractivity contribution in [3.8, 4) is 0 Å². The van der Waals surface area contributed by atoms with Crippen LogP contribution < -0.4 is 0 Å². The average Bonchev–Trinajstić information content (AvgIpc) is 3.05. The Hall–Kier alpha value is -0.930. The second kappa shape index (κ2) is 9.69. The van der Waals surface area contributed by atoms with Gasteiger partial charge in [0.05, 0.1) is 6.10 Å². The zero-order valence-corrected chi connectivity index (χ0v) is 19.5. The molecule has 3 aliphatic rings. The highest BCUT2D eigenvalue weighted by Gasteiger charge is 2.50. The van der Waals surface area contributed by atoms with E-state index in [4.69, 9.17) is 0 Å². The maximum Gasteiger partial charge on any atom is 0.156 e. The highest BCUT2D eigenvalue weighted by atomic mass is 19.1. The Labute approximate surface area is 183 Å². The minimum atomic E-state index is -1.63. The summed E-state index contributed by atoms with van der Waals surface area (Å²) in [5.74, 6) is 3.00. The Kier molecular flexibility index (Phi) is 7.66. The quantitative estimate of drug-likeness (QED) is 0.514. The summed E-state index contributed by atoms with van der Waals surface area (Å²) in [6.07, 6.45) is 10.7. The second-order valence-electron chi connectivity index (χ2n) is 11.0. The maximum atomic E-state index is 13.9. The molecule has 1 unspecified atom stereocenters. The highest BCUT2D eigenvalue weighted by molar-refractivity contribution is 5.40. The van der Waals surface area contributed by atoms with Crippen molar-refractivity contribution < 1.29 is 14.6 Å². The molecular weight excluding hydrogens is 375 g/mol. The van der Waals surface area contributed by atoms with Crippen LogP contribution in [0.3, 0.4) is 0 Å². The van der Waals surface area contributed by atoms with Gasteiger partial charge in [-0.1, -0.05) is 71.3 Å². The molecule has 3 fully saturated rings. The molecule has 0 aromatic rings. The van der Waals surface area contributed by atoms with Gasteiger partial charge in [-0.2, -0.15) is 0 Å². The smallest absolute Gasteiger partial charge is 0.156 e. The van der Waals surface area contributed by atoms with E-state index in [9.17, 15) is 14.6 Å². The van der Waals surface area contributed by atoms with Crippen LogP contribution in [-0.2, 0) is 0 Å². The van der Waals surface area contributed by atoms with Crippen molar-refractivity contribution >= 4 is 0 Å². The molecule has 0 spiro atoms. The first-order valence-corrected chi connectivity index (χ1v) is 12.2. The fraction of sp³-hybridized carbons (Fsp3) is 0.778. The van der Waals surface area contributed by atoms with Gasteiger partial charge in [-0.15, -0.1) is 0 Å². The molecule has 0 radical (unpaired) electrons. The van der Waals surface area contributed by atoms with E-state index in [0.29, 0.717) is 16.9 Å². The van der Waals surface area contributed by atoms with E-state index < -0.39 is 18.4 Å². The van der Waals surface area contributed by atoms with Gasteiger partial charge in [-0.25, -0.2) is 4.39 Å². The highest BCUT2D eigenvalue weighted by Crippen LogP contribution is 2.60. The molecule has 0 saturated heterocycles. The summed E-state index contributed by atoms with van der Waals surface area (Å²) in [6, 6.07) is 0.